The minimum absolute atomic E-state index is 0.0625. The lowest BCUT2D eigenvalue weighted by atomic mass is 10.2. The Morgan fingerprint density at radius 3 is 2.64 bits per heavy atom. The van der Waals surface area contributed by atoms with E-state index in [1.54, 1.807) is 30.5 Å². The Morgan fingerprint density at radius 1 is 1.24 bits per heavy atom. The van der Waals surface area contributed by atoms with Gasteiger partial charge in [-0.05, 0) is 31.5 Å². The molecule has 25 heavy (non-hydrogen) atoms. The summed E-state index contributed by atoms with van der Waals surface area (Å²) in [5, 5.41) is 2.85. The number of nitrogens with one attached hydrogen (secondary N) is 1. The number of amides is 2. The number of pyridine rings is 1. The zero-order valence-electron chi connectivity index (χ0n) is 14.2. The van der Waals surface area contributed by atoms with Crippen LogP contribution in [-0.2, 0) is 11.3 Å². The van der Waals surface area contributed by atoms with E-state index in [-0.39, 0.29) is 17.8 Å². The summed E-state index contributed by atoms with van der Waals surface area (Å²) in [6.45, 7) is 4.22. The summed E-state index contributed by atoms with van der Waals surface area (Å²) in [5.74, 6) is 0.0502. The Bertz CT molecular complexity index is 733. The first kappa shape index (κ1) is 18.8. The molecule has 0 spiro atoms. The van der Waals surface area contributed by atoms with Crippen LogP contribution in [0.1, 0.15) is 29.8 Å². The highest BCUT2D eigenvalue weighted by atomic mass is 32.2. The molecular formula is C18H21N3O3S. The molecule has 0 saturated heterocycles. The summed E-state index contributed by atoms with van der Waals surface area (Å²) in [4.78, 5) is 28.3. The van der Waals surface area contributed by atoms with Gasteiger partial charge in [-0.15, -0.1) is 11.8 Å². The second-order valence-electron chi connectivity index (χ2n) is 5.61. The number of hydrogen-bond donors (Lipinski definition) is 2. The molecule has 0 saturated carbocycles. The van der Waals surface area contributed by atoms with E-state index in [4.69, 9.17) is 10.5 Å². The van der Waals surface area contributed by atoms with Gasteiger partial charge in [-0.1, -0.05) is 18.2 Å². The van der Waals surface area contributed by atoms with Crippen LogP contribution in [0, 0.1) is 0 Å². The fraction of sp³-hybridized carbons (Fsp3) is 0.278. The number of carbonyl (C=O) groups excluding carboxylic acids is 2. The number of carbonyl (C=O) groups is 2. The smallest absolute Gasteiger partial charge is 0.252 e. The maximum atomic E-state index is 12.4. The molecular weight excluding hydrogens is 338 g/mol. The van der Waals surface area contributed by atoms with Crippen LogP contribution >= 0.6 is 11.8 Å². The lowest BCUT2D eigenvalue weighted by Gasteiger charge is -2.11. The van der Waals surface area contributed by atoms with Gasteiger partial charge in [-0.25, -0.2) is 4.98 Å². The van der Waals surface area contributed by atoms with Crippen LogP contribution in [0.15, 0.2) is 47.5 Å². The molecule has 0 aliphatic carbocycles. The van der Waals surface area contributed by atoms with Gasteiger partial charge in [0.15, 0.2) is 0 Å². The summed E-state index contributed by atoms with van der Waals surface area (Å²) < 4.78 is 5.49. The number of aromatic nitrogens is 1. The van der Waals surface area contributed by atoms with E-state index in [1.807, 2.05) is 26.0 Å². The molecule has 132 valence electrons. The molecule has 0 aliphatic heterocycles. The van der Waals surface area contributed by atoms with Crippen LogP contribution < -0.4 is 15.8 Å². The number of thioether (sulfide) groups is 1. The van der Waals surface area contributed by atoms with E-state index in [1.165, 1.54) is 11.8 Å². The third-order valence-corrected chi connectivity index (χ3v) is 4.20. The highest BCUT2D eigenvalue weighted by Gasteiger charge is 2.12. The van der Waals surface area contributed by atoms with E-state index in [2.05, 4.69) is 10.3 Å². The molecule has 1 aromatic carbocycles. The van der Waals surface area contributed by atoms with Crippen molar-refractivity contribution in [2.75, 3.05) is 5.75 Å². The normalized spacial score (nSPS) is 10.5. The van der Waals surface area contributed by atoms with Crippen molar-refractivity contribution in [1.82, 2.24) is 10.3 Å². The lowest BCUT2D eigenvalue weighted by Crippen LogP contribution is -2.23. The van der Waals surface area contributed by atoms with Crippen LogP contribution in [0.3, 0.4) is 0 Å². The predicted octanol–water partition coefficient (Wildman–Crippen LogP) is 2.38. The topological polar surface area (TPSA) is 94.3 Å². The summed E-state index contributed by atoms with van der Waals surface area (Å²) in [6, 6.07) is 10.7. The fourth-order valence-corrected chi connectivity index (χ4v) is 2.82. The van der Waals surface area contributed by atoms with Crippen molar-refractivity contribution in [2.24, 2.45) is 5.73 Å². The minimum Gasteiger partial charge on any atom is -0.475 e. The van der Waals surface area contributed by atoms with Crippen molar-refractivity contribution in [3.8, 4) is 5.88 Å². The average molecular weight is 359 g/mol. The molecule has 3 N–H and O–H groups in total. The van der Waals surface area contributed by atoms with E-state index in [0.717, 1.165) is 10.5 Å². The Hall–Kier alpha value is -2.54. The highest BCUT2D eigenvalue weighted by molar-refractivity contribution is 8.00. The number of benzene rings is 1. The molecule has 0 atom stereocenters. The van der Waals surface area contributed by atoms with Crippen molar-refractivity contribution >= 4 is 23.6 Å². The molecule has 0 unspecified atom stereocenters. The largest absolute Gasteiger partial charge is 0.475 e. The summed E-state index contributed by atoms with van der Waals surface area (Å²) in [6.07, 6.45) is 1.73. The van der Waals surface area contributed by atoms with Crippen LogP contribution in [0.25, 0.3) is 0 Å². The number of primary amides is 1. The average Bonchev–Trinajstić information content (AvgIpc) is 2.59. The molecule has 2 aromatic rings. The predicted molar refractivity (Wildman–Crippen MR) is 97.5 cm³/mol. The van der Waals surface area contributed by atoms with Crippen LogP contribution in [-0.4, -0.2) is 28.7 Å². The fourth-order valence-electron chi connectivity index (χ4n) is 2.03. The first-order valence-electron chi connectivity index (χ1n) is 7.85. The molecule has 1 aromatic heterocycles. The van der Waals surface area contributed by atoms with Crippen molar-refractivity contribution < 1.29 is 14.3 Å². The Labute approximate surface area is 151 Å². The minimum atomic E-state index is -0.421. The zero-order chi connectivity index (χ0) is 18.2. The van der Waals surface area contributed by atoms with Gasteiger partial charge in [0, 0.05) is 23.7 Å². The second kappa shape index (κ2) is 9.08. The Balaban J connectivity index is 1.97. The van der Waals surface area contributed by atoms with E-state index in [9.17, 15) is 9.59 Å². The summed E-state index contributed by atoms with van der Waals surface area (Å²) in [7, 11) is 0. The maximum Gasteiger partial charge on any atom is 0.252 e. The van der Waals surface area contributed by atoms with Gasteiger partial charge in [0.1, 0.15) is 0 Å². The first-order valence-corrected chi connectivity index (χ1v) is 8.84. The number of ether oxygens (including phenoxy) is 1. The zero-order valence-corrected chi connectivity index (χ0v) is 15.0. The maximum absolute atomic E-state index is 12.4. The SMILES string of the molecule is CC(C)Oc1ccc(CNC(=O)c2ccccc2SCC(N)=O)cn1. The van der Waals surface area contributed by atoms with Gasteiger partial charge in [0.05, 0.1) is 17.4 Å². The van der Waals surface area contributed by atoms with Gasteiger partial charge >= 0.3 is 0 Å². The van der Waals surface area contributed by atoms with Gasteiger partial charge in [0.2, 0.25) is 11.8 Å². The molecule has 2 rings (SSSR count). The standard InChI is InChI=1S/C18H21N3O3S/c1-12(2)24-17-8-7-13(9-20-17)10-21-18(23)14-5-3-4-6-15(14)25-11-16(19)22/h3-9,12H,10-11H2,1-2H3,(H2,19,22)(H,21,23). The van der Waals surface area contributed by atoms with E-state index >= 15 is 0 Å². The van der Waals surface area contributed by atoms with Crippen LogP contribution in [0.4, 0.5) is 0 Å². The van der Waals surface area contributed by atoms with Gasteiger partial charge in [0.25, 0.3) is 5.91 Å². The van der Waals surface area contributed by atoms with E-state index in [0.29, 0.717) is 18.0 Å². The van der Waals surface area contributed by atoms with E-state index < -0.39 is 5.91 Å². The van der Waals surface area contributed by atoms with Gasteiger partial charge in [-0.2, -0.15) is 0 Å². The van der Waals surface area contributed by atoms with Crippen molar-refractivity contribution in [1.29, 1.82) is 0 Å². The first-order chi connectivity index (χ1) is 12.0. The third kappa shape index (κ3) is 6.11. The van der Waals surface area contributed by atoms with Gasteiger partial charge < -0.3 is 15.8 Å². The Morgan fingerprint density at radius 2 is 2.00 bits per heavy atom. The number of hydrogen-bond acceptors (Lipinski definition) is 5. The summed E-state index contributed by atoms with van der Waals surface area (Å²) in [5.41, 5.74) is 6.55. The lowest BCUT2D eigenvalue weighted by molar-refractivity contribution is -0.115. The summed E-state index contributed by atoms with van der Waals surface area (Å²) >= 11 is 1.25. The number of rotatable bonds is 8. The second-order valence-corrected chi connectivity index (χ2v) is 6.62. The Kier molecular flexibility index (Phi) is 6.82. The van der Waals surface area contributed by atoms with Crippen molar-refractivity contribution in [3.05, 3.63) is 53.7 Å². The monoisotopic (exact) mass is 359 g/mol. The van der Waals surface area contributed by atoms with Gasteiger partial charge in [-0.3, -0.25) is 9.59 Å². The molecule has 0 fully saturated rings. The number of nitrogens with zero attached hydrogens (tertiary/aromatic N) is 1. The molecule has 0 aliphatic rings. The van der Waals surface area contributed by atoms with Crippen LogP contribution in [0.5, 0.6) is 5.88 Å². The molecule has 2 amide bonds. The molecule has 0 radical (unpaired) electrons. The molecule has 0 bridgehead atoms. The highest BCUT2D eigenvalue weighted by Crippen LogP contribution is 2.22. The molecule has 6 nitrogen and oxygen atoms in total. The molecule has 7 heteroatoms. The quantitative estimate of drug-likeness (QED) is 0.706. The number of nitrogens with two attached hydrogens (primary N) is 1. The van der Waals surface area contributed by atoms with Crippen LogP contribution in [0.2, 0.25) is 0 Å². The van der Waals surface area contributed by atoms with Crippen molar-refractivity contribution in [3.63, 3.8) is 0 Å². The molecule has 1 heterocycles. The third-order valence-electron chi connectivity index (χ3n) is 3.11. The van der Waals surface area contributed by atoms with Crippen molar-refractivity contribution in [2.45, 2.75) is 31.4 Å².